The molecule has 3 nitrogen and oxygen atoms in total. The van der Waals surface area contributed by atoms with Gasteiger partial charge < -0.3 is 10.5 Å². The molecule has 0 aliphatic heterocycles. The van der Waals surface area contributed by atoms with Crippen molar-refractivity contribution >= 4 is 38.5 Å². The Bertz CT molecular complexity index is 544. The number of rotatable bonds is 2. The molecule has 0 saturated carbocycles. The van der Waals surface area contributed by atoms with E-state index in [0.717, 1.165) is 21.7 Å². The molecule has 0 atom stereocenters. The second-order valence-corrected chi connectivity index (χ2v) is 4.14. The zero-order valence-electron chi connectivity index (χ0n) is 8.14. The van der Waals surface area contributed by atoms with Crippen LogP contribution in [0.15, 0.2) is 41.3 Å². The average Bonchev–Trinajstić information content (AvgIpc) is 2.28. The molecule has 0 aliphatic rings. The number of nitrogens with two attached hydrogens (primary N) is 1. The zero-order chi connectivity index (χ0) is 11.5. The summed E-state index contributed by atoms with van der Waals surface area (Å²) in [7, 11) is 6.79. The van der Waals surface area contributed by atoms with Gasteiger partial charge in [-0.1, -0.05) is 30.3 Å². The predicted molar refractivity (Wildman–Crippen MR) is 65.9 cm³/mol. The van der Waals surface area contributed by atoms with Crippen molar-refractivity contribution in [3.8, 4) is 5.75 Å². The first-order valence-electron chi connectivity index (χ1n) is 4.50. The maximum atomic E-state index is 10.7. The first-order valence-corrected chi connectivity index (χ1v) is 6.14. The summed E-state index contributed by atoms with van der Waals surface area (Å²) in [6.45, 7) is 0. The van der Waals surface area contributed by atoms with Crippen LogP contribution in [0, 0.1) is 0 Å². The highest BCUT2D eigenvalue weighted by Crippen LogP contribution is 2.38. The predicted octanol–water partition coefficient (Wildman–Crippen LogP) is 3.54. The summed E-state index contributed by atoms with van der Waals surface area (Å²) in [5, 5.41) is 1.96. The summed E-state index contributed by atoms with van der Waals surface area (Å²) in [4.78, 5) is 11.4. The van der Waals surface area contributed by atoms with E-state index in [9.17, 15) is 4.79 Å². The third-order valence-electron chi connectivity index (χ3n) is 2.13. The van der Waals surface area contributed by atoms with Gasteiger partial charge in [0.25, 0.3) is 0 Å². The topological polar surface area (TPSA) is 52.3 Å². The monoisotopic (exact) mass is 253 g/mol. The van der Waals surface area contributed by atoms with Gasteiger partial charge in [0.15, 0.2) is 0 Å². The first kappa shape index (κ1) is 11.1. The van der Waals surface area contributed by atoms with Crippen LogP contribution in [0.4, 0.5) is 4.79 Å². The summed E-state index contributed by atoms with van der Waals surface area (Å²) >= 11 is 0. The molecule has 2 aromatic rings. The Kier molecular flexibility index (Phi) is 3.22. The van der Waals surface area contributed by atoms with Gasteiger partial charge >= 0.3 is 6.09 Å². The van der Waals surface area contributed by atoms with Crippen LogP contribution in [0.3, 0.4) is 0 Å². The minimum atomic E-state index is -0.845. The number of primary amides is 1. The molecular weight excluding hydrogens is 246 g/mol. The Hall–Kier alpha value is -1.39. The smallest absolute Gasteiger partial charge is 0.409 e. The molecule has 0 bridgehead atoms. The Morgan fingerprint density at radius 2 is 2.00 bits per heavy atom. The Balaban J connectivity index is 2.63. The largest absolute Gasteiger partial charge is 0.410 e. The summed E-state index contributed by atoms with van der Waals surface area (Å²) in [5.41, 5.74) is 4.98. The number of hydrogen-bond donors (Lipinski definition) is 1. The molecule has 2 aromatic carbocycles. The van der Waals surface area contributed by atoms with E-state index in [0.29, 0.717) is 10.6 Å². The van der Waals surface area contributed by atoms with Crippen LogP contribution in [-0.2, 0) is 0 Å². The van der Waals surface area contributed by atoms with Crippen molar-refractivity contribution < 1.29 is 9.53 Å². The highest BCUT2D eigenvalue weighted by molar-refractivity contribution is 8.21. The van der Waals surface area contributed by atoms with Crippen molar-refractivity contribution in [2.45, 2.75) is 4.90 Å². The fraction of sp³-hybridized carbons (Fsp3) is 0. The van der Waals surface area contributed by atoms with Crippen molar-refractivity contribution in [2.75, 3.05) is 0 Å². The van der Waals surface area contributed by atoms with E-state index in [4.69, 9.17) is 21.2 Å². The van der Waals surface area contributed by atoms with E-state index in [2.05, 4.69) is 0 Å². The van der Waals surface area contributed by atoms with E-state index in [1.54, 1.807) is 6.07 Å². The summed E-state index contributed by atoms with van der Waals surface area (Å²) < 4.78 is 4.88. The molecule has 0 heterocycles. The molecule has 2 rings (SSSR count). The van der Waals surface area contributed by atoms with Gasteiger partial charge in [-0.05, 0) is 33.1 Å². The van der Waals surface area contributed by atoms with Crippen LogP contribution in [0.1, 0.15) is 0 Å². The molecule has 0 fully saturated rings. The van der Waals surface area contributed by atoms with Crippen LogP contribution in [-0.4, -0.2) is 6.09 Å². The second-order valence-electron chi connectivity index (χ2n) is 3.11. The molecule has 0 aromatic heterocycles. The molecule has 16 heavy (non-hydrogen) atoms. The van der Waals surface area contributed by atoms with Crippen molar-refractivity contribution in [2.24, 2.45) is 5.73 Å². The molecule has 0 saturated heterocycles. The lowest BCUT2D eigenvalue weighted by Gasteiger charge is -2.08. The number of fused-ring (bicyclic) bond motifs is 1. The fourth-order valence-corrected chi connectivity index (χ4v) is 2.42. The lowest BCUT2D eigenvalue weighted by atomic mass is 10.1. The molecular formula is C11H8ClNO2S. The van der Waals surface area contributed by atoms with Crippen molar-refractivity contribution in [3.63, 3.8) is 0 Å². The number of carbonyl (C=O) groups excluding carboxylic acids is 1. The van der Waals surface area contributed by atoms with Crippen LogP contribution in [0.2, 0.25) is 0 Å². The number of hydrogen-bond acceptors (Lipinski definition) is 3. The maximum Gasteiger partial charge on any atom is 0.410 e. The lowest BCUT2D eigenvalue weighted by Crippen LogP contribution is -2.16. The fourth-order valence-electron chi connectivity index (χ4n) is 1.49. The van der Waals surface area contributed by atoms with Gasteiger partial charge in [0.1, 0.15) is 5.75 Å². The maximum absolute atomic E-state index is 10.7. The minimum absolute atomic E-state index is 0.381. The second kappa shape index (κ2) is 4.63. The Morgan fingerprint density at radius 3 is 2.69 bits per heavy atom. The standard InChI is InChI=1S/C11H8ClNO2S/c12-16-10-8-4-2-1-3-7(8)5-6-9(10)15-11(13)14/h1-6H,(H2,13,14). The van der Waals surface area contributed by atoms with E-state index < -0.39 is 6.09 Å². The number of halogens is 1. The number of amides is 1. The van der Waals surface area contributed by atoms with Crippen LogP contribution >= 0.6 is 21.7 Å². The van der Waals surface area contributed by atoms with Crippen molar-refractivity contribution in [1.82, 2.24) is 0 Å². The van der Waals surface area contributed by atoms with E-state index in [-0.39, 0.29) is 0 Å². The van der Waals surface area contributed by atoms with Gasteiger partial charge in [0.2, 0.25) is 0 Å². The van der Waals surface area contributed by atoms with Crippen molar-refractivity contribution in [3.05, 3.63) is 36.4 Å². The molecule has 0 spiro atoms. The lowest BCUT2D eigenvalue weighted by molar-refractivity contribution is 0.210. The van der Waals surface area contributed by atoms with Gasteiger partial charge in [-0.25, -0.2) is 4.79 Å². The van der Waals surface area contributed by atoms with E-state index in [1.165, 1.54) is 0 Å². The van der Waals surface area contributed by atoms with Crippen molar-refractivity contribution in [1.29, 1.82) is 0 Å². The molecule has 1 amide bonds. The van der Waals surface area contributed by atoms with Gasteiger partial charge in [0, 0.05) is 5.39 Å². The van der Waals surface area contributed by atoms with E-state index >= 15 is 0 Å². The summed E-state index contributed by atoms with van der Waals surface area (Å²) in [5.74, 6) is 0.381. The Morgan fingerprint density at radius 1 is 1.25 bits per heavy atom. The summed E-state index contributed by atoms with van der Waals surface area (Å²) in [6.07, 6.45) is -0.845. The molecule has 2 N–H and O–H groups in total. The minimum Gasteiger partial charge on any atom is -0.409 e. The first-order chi connectivity index (χ1) is 7.72. The van der Waals surface area contributed by atoms with Crippen LogP contribution in [0.5, 0.6) is 5.75 Å². The highest BCUT2D eigenvalue weighted by Gasteiger charge is 2.10. The Labute approximate surface area is 101 Å². The third kappa shape index (κ3) is 2.08. The van der Waals surface area contributed by atoms with E-state index in [1.807, 2.05) is 30.3 Å². The SMILES string of the molecule is NC(=O)Oc1ccc2ccccc2c1SCl. The number of carbonyl (C=O) groups is 1. The highest BCUT2D eigenvalue weighted by atomic mass is 35.7. The molecule has 82 valence electrons. The normalized spacial score (nSPS) is 10.3. The molecule has 0 unspecified atom stereocenters. The number of ether oxygens (including phenoxy) is 1. The number of benzene rings is 2. The molecule has 5 heteroatoms. The van der Waals surface area contributed by atoms with Gasteiger partial charge in [-0.3, -0.25) is 0 Å². The quantitative estimate of drug-likeness (QED) is 0.891. The zero-order valence-corrected chi connectivity index (χ0v) is 9.72. The average molecular weight is 254 g/mol. The van der Waals surface area contributed by atoms with Crippen LogP contribution < -0.4 is 10.5 Å². The van der Waals surface area contributed by atoms with Crippen LogP contribution in [0.25, 0.3) is 10.8 Å². The molecule has 0 radical (unpaired) electrons. The summed E-state index contributed by atoms with van der Waals surface area (Å²) in [6, 6.07) is 11.2. The third-order valence-corrected chi connectivity index (χ3v) is 3.17. The van der Waals surface area contributed by atoms with Gasteiger partial charge in [-0.2, -0.15) is 0 Å². The molecule has 0 aliphatic carbocycles. The van der Waals surface area contributed by atoms with Gasteiger partial charge in [-0.15, -0.1) is 0 Å². The van der Waals surface area contributed by atoms with Gasteiger partial charge in [0.05, 0.1) is 4.90 Å².